The van der Waals surface area contributed by atoms with Crippen LogP contribution >= 0.6 is 12.2 Å². The van der Waals surface area contributed by atoms with E-state index in [1.54, 1.807) is 6.26 Å². The molecule has 2 fully saturated rings. The molecule has 2 aromatic heterocycles. The first kappa shape index (κ1) is 19.9. The van der Waals surface area contributed by atoms with Crippen molar-refractivity contribution >= 4 is 34.9 Å². The fraction of sp³-hybridized carbons (Fsp3) is 0.550. The molecule has 4 heterocycles. The molecule has 4 rings (SSSR count). The Morgan fingerprint density at radius 3 is 2.79 bits per heavy atom. The van der Waals surface area contributed by atoms with Crippen molar-refractivity contribution in [1.82, 2.24) is 15.3 Å². The van der Waals surface area contributed by atoms with Gasteiger partial charge in [-0.05, 0) is 50.5 Å². The van der Waals surface area contributed by atoms with Crippen LogP contribution in [0.1, 0.15) is 31.9 Å². The highest BCUT2D eigenvalue weighted by atomic mass is 32.1. The van der Waals surface area contributed by atoms with Crippen molar-refractivity contribution in [3.05, 3.63) is 30.2 Å². The van der Waals surface area contributed by atoms with Crippen LogP contribution in [0.5, 0.6) is 0 Å². The van der Waals surface area contributed by atoms with Gasteiger partial charge in [0.15, 0.2) is 5.11 Å². The monoisotopic (exact) mass is 416 g/mol. The Balaban J connectivity index is 1.52. The van der Waals surface area contributed by atoms with Gasteiger partial charge in [-0.3, -0.25) is 0 Å². The molecule has 0 saturated carbocycles. The van der Waals surface area contributed by atoms with Gasteiger partial charge < -0.3 is 29.6 Å². The Hall–Kier alpha value is -2.39. The van der Waals surface area contributed by atoms with Gasteiger partial charge >= 0.3 is 0 Å². The van der Waals surface area contributed by atoms with Crippen molar-refractivity contribution in [1.29, 1.82) is 0 Å². The van der Waals surface area contributed by atoms with Crippen LogP contribution in [0.4, 0.5) is 17.6 Å². The summed E-state index contributed by atoms with van der Waals surface area (Å²) in [5, 5.41) is 6.76. The van der Waals surface area contributed by atoms with Gasteiger partial charge in [0.25, 0.3) is 0 Å². The van der Waals surface area contributed by atoms with Gasteiger partial charge in [0.05, 0.1) is 26.0 Å². The largest absolute Gasteiger partial charge is 0.467 e. The number of nitrogens with zero attached hydrogens (tertiary/aromatic N) is 4. The number of hydrogen-bond donors (Lipinski definition) is 2. The van der Waals surface area contributed by atoms with Gasteiger partial charge in [0.2, 0.25) is 5.95 Å². The van der Waals surface area contributed by atoms with Gasteiger partial charge in [-0.25, -0.2) is 0 Å². The summed E-state index contributed by atoms with van der Waals surface area (Å²) in [5.74, 6) is 3.19. The number of furan rings is 1. The molecule has 2 aromatic rings. The normalized spacial score (nSPS) is 19.8. The Morgan fingerprint density at radius 1 is 1.21 bits per heavy atom. The molecule has 1 unspecified atom stereocenters. The van der Waals surface area contributed by atoms with Crippen LogP contribution in [0.2, 0.25) is 0 Å². The second-order valence-corrected chi connectivity index (χ2v) is 7.84. The summed E-state index contributed by atoms with van der Waals surface area (Å²) in [4.78, 5) is 14.1. The first-order chi connectivity index (χ1) is 14.2. The standard InChI is InChI=1S/C20H28N6O2S/c1-15-5-2-3-7-26(15)18-13-17(25-8-11-27-12-9-25)22-19(23-18)24-20(29)21-14-16-6-4-10-28-16/h4,6,10,13,15H,2-3,5,7-9,11-12,14H2,1H3,(H2,21,22,23,24,29). The molecule has 1 atom stereocenters. The molecule has 0 aliphatic carbocycles. The highest BCUT2D eigenvalue weighted by Crippen LogP contribution is 2.27. The number of anilines is 3. The lowest BCUT2D eigenvalue weighted by molar-refractivity contribution is 0.122. The number of nitrogens with one attached hydrogen (secondary N) is 2. The van der Waals surface area contributed by atoms with Crippen LogP contribution in [-0.2, 0) is 11.3 Å². The maximum Gasteiger partial charge on any atom is 0.232 e. The third-order valence-corrected chi connectivity index (χ3v) is 5.61. The number of rotatable bonds is 5. The molecule has 0 radical (unpaired) electrons. The van der Waals surface area contributed by atoms with Gasteiger partial charge in [-0.1, -0.05) is 0 Å². The minimum atomic E-state index is 0.466. The van der Waals surface area contributed by atoms with Crippen molar-refractivity contribution in [3.63, 3.8) is 0 Å². The van der Waals surface area contributed by atoms with Crippen LogP contribution in [0, 0.1) is 0 Å². The van der Waals surface area contributed by atoms with Gasteiger partial charge in [-0.15, -0.1) is 0 Å². The molecule has 2 aliphatic rings. The van der Waals surface area contributed by atoms with Gasteiger partial charge in [0, 0.05) is 31.7 Å². The zero-order valence-corrected chi connectivity index (χ0v) is 17.6. The van der Waals surface area contributed by atoms with Crippen molar-refractivity contribution < 1.29 is 9.15 Å². The van der Waals surface area contributed by atoms with Crippen LogP contribution in [0.3, 0.4) is 0 Å². The molecule has 0 aromatic carbocycles. The quantitative estimate of drug-likeness (QED) is 0.715. The first-order valence-corrected chi connectivity index (χ1v) is 10.7. The Kier molecular flexibility index (Phi) is 6.46. The molecular formula is C20H28N6O2S. The molecule has 0 spiro atoms. The zero-order valence-electron chi connectivity index (χ0n) is 16.8. The molecule has 9 heteroatoms. The molecule has 2 aliphatic heterocycles. The summed E-state index contributed by atoms with van der Waals surface area (Å²) in [5.41, 5.74) is 0. The number of piperidine rings is 1. The smallest absolute Gasteiger partial charge is 0.232 e. The van der Waals surface area contributed by atoms with E-state index in [1.807, 2.05) is 12.1 Å². The average molecular weight is 417 g/mol. The highest BCUT2D eigenvalue weighted by molar-refractivity contribution is 7.80. The summed E-state index contributed by atoms with van der Waals surface area (Å²) in [6, 6.07) is 6.32. The number of aromatic nitrogens is 2. The van der Waals surface area contributed by atoms with E-state index < -0.39 is 0 Å². The van der Waals surface area contributed by atoms with Crippen molar-refractivity contribution in [2.45, 2.75) is 38.8 Å². The minimum Gasteiger partial charge on any atom is -0.467 e. The molecule has 0 bridgehead atoms. The van der Waals surface area contributed by atoms with Gasteiger partial charge in [-0.2, -0.15) is 9.97 Å². The molecule has 2 N–H and O–H groups in total. The van der Waals surface area contributed by atoms with E-state index in [2.05, 4.69) is 33.4 Å². The topological polar surface area (TPSA) is 78.7 Å². The maximum absolute atomic E-state index is 5.50. The van der Waals surface area contributed by atoms with Crippen LogP contribution < -0.4 is 20.4 Å². The third kappa shape index (κ3) is 5.16. The summed E-state index contributed by atoms with van der Waals surface area (Å²) in [7, 11) is 0. The van der Waals surface area contributed by atoms with Crippen LogP contribution in [0.15, 0.2) is 28.9 Å². The predicted molar refractivity (Wildman–Crippen MR) is 117 cm³/mol. The fourth-order valence-corrected chi connectivity index (χ4v) is 3.91. The molecule has 156 valence electrons. The van der Waals surface area contributed by atoms with E-state index in [0.717, 1.165) is 37.0 Å². The maximum atomic E-state index is 5.50. The lowest BCUT2D eigenvalue weighted by Crippen LogP contribution is -2.40. The lowest BCUT2D eigenvalue weighted by atomic mass is 10.0. The Labute approximate surface area is 176 Å². The molecule has 0 amide bonds. The van der Waals surface area contributed by atoms with Crippen molar-refractivity contribution in [3.8, 4) is 0 Å². The second kappa shape index (κ2) is 9.41. The molecular weight excluding hydrogens is 388 g/mol. The van der Waals surface area contributed by atoms with Crippen LogP contribution in [-0.4, -0.2) is 54.0 Å². The summed E-state index contributed by atoms with van der Waals surface area (Å²) in [6.07, 6.45) is 5.29. The number of hydrogen-bond acceptors (Lipinski definition) is 7. The van der Waals surface area contributed by atoms with E-state index in [-0.39, 0.29) is 0 Å². The number of ether oxygens (including phenoxy) is 1. The Bertz CT molecular complexity index is 809. The van der Waals surface area contributed by atoms with Crippen molar-refractivity contribution in [2.24, 2.45) is 0 Å². The van der Waals surface area contributed by atoms with E-state index in [1.165, 1.54) is 19.3 Å². The minimum absolute atomic E-state index is 0.466. The summed E-state index contributed by atoms with van der Waals surface area (Å²) in [6.45, 7) is 6.87. The average Bonchev–Trinajstić information content (AvgIpc) is 3.27. The van der Waals surface area contributed by atoms with E-state index in [0.29, 0.717) is 36.9 Å². The fourth-order valence-electron chi connectivity index (χ4n) is 3.74. The first-order valence-electron chi connectivity index (χ1n) is 10.2. The molecule has 8 nitrogen and oxygen atoms in total. The third-order valence-electron chi connectivity index (χ3n) is 5.36. The molecule has 29 heavy (non-hydrogen) atoms. The number of thiocarbonyl (C=S) groups is 1. The summed E-state index contributed by atoms with van der Waals surface area (Å²) < 4.78 is 10.8. The predicted octanol–water partition coefficient (Wildman–Crippen LogP) is 2.77. The highest BCUT2D eigenvalue weighted by Gasteiger charge is 2.23. The van der Waals surface area contributed by atoms with E-state index in [9.17, 15) is 0 Å². The van der Waals surface area contributed by atoms with E-state index in [4.69, 9.17) is 31.3 Å². The molecule has 2 saturated heterocycles. The SMILES string of the molecule is CC1CCCCN1c1cc(N2CCOCC2)nc(NC(=S)NCc2ccco2)n1. The lowest BCUT2D eigenvalue weighted by Gasteiger charge is -2.35. The Morgan fingerprint density at radius 2 is 2.03 bits per heavy atom. The van der Waals surface area contributed by atoms with Crippen molar-refractivity contribution in [2.75, 3.05) is 48.0 Å². The van der Waals surface area contributed by atoms with E-state index >= 15 is 0 Å². The van der Waals surface area contributed by atoms with Crippen LogP contribution in [0.25, 0.3) is 0 Å². The summed E-state index contributed by atoms with van der Waals surface area (Å²) >= 11 is 5.44. The number of morpholine rings is 1. The second-order valence-electron chi connectivity index (χ2n) is 7.43. The zero-order chi connectivity index (χ0) is 20.1. The van der Waals surface area contributed by atoms with Gasteiger partial charge in [0.1, 0.15) is 17.4 Å².